The molecule has 1 aliphatic heterocycles. The fourth-order valence-electron chi connectivity index (χ4n) is 3.09. The monoisotopic (exact) mass is 358 g/mol. The molecular weight excluding hydrogens is 340 g/mol. The van der Waals surface area contributed by atoms with Gasteiger partial charge in [0.15, 0.2) is 6.10 Å². The van der Waals surface area contributed by atoms with Gasteiger partial charge >= 0.3 is 5.97 Å². The number of para-hydroxylation sites is 1. The highest BCUT2D eigenvalue weighted by atomic mass is 35.5. The van der Waals surface area contributed by atoms with Crippen LogP contribution in [0, 0.1) is 13.8 Å². The second kappa shape index (κ2) is 6.84. The van der Waals surface area contributed by atoms with Gasteiger partial charge in [-0.15, -0.1) is 0 Å². The zero-order valence-electron chi connectivity index (χ0n) is 14.4. The third kappa shape index (κ3) is 3.37. The number of aromatic nitrogens is 1. The standard InChI is InChI=1S/C19H19ClN2O3/c1-11-10-12(2)21-17(20)16(11)19(24)25-13(3)18(23)22-9-8-14-6-4-5-7-15(14)22/h4-7,10,13H,8-9H2,1-3H3/t13-/m0/s1. The van der Waals surface area contributed by atoms with Crippen molar-refractivity contribution >= 4 is 29.2 Å². The number of fused-ring (bicyclic) bond motifs is 1. The molecule has 1 aromatic carbocycles. The van der Waals surface area contributed by atoms with E-state index in [9.17, 15) is 9.59 Å². The van der Waals surface area contributed by atoms with Crippen molar-refractivity contribution in [1.29, 1.82) is 0 Å². The molecule has 3 rings (SSSR count). The number of carbonyl (C=O) groups excluding carboxylic acids is 2. The summed E-state index contributed by atoms with van der Waals surface area (Å²) in [6, 6.07) is 9.50. The number of amides is 1. The first-order chi connectivity index (χ1) is 11.9. The molecule has 0 bridgehead atoms. The third-order valence-electron chi connectivity index (χ3n) is 4.29. The first-order valence-electron chi connectivity index (χ1n) is 8.12. The molecule has 6 heteroatoms. The predicted molar refractivity (Wildman–Crippen MR) is 96.1 cm³/mol. The summed E-state index contributed by atoms with van der Waals surface area (Å²) in [5, 5.41) is 0.0914. The molecule has 1 amide bonds. The number of hydrogen-bond acceptors (Lipinski definition) is 4. The molecule has 1 aromatic heterocycles. The lowest BCUT2D eigenvalue weighted by Crippen LogP contribution is -2.39. The van der Waals surface area contributed by atoms with Crippen molar-refractivity contribution in [3.05, 3.63) is 57.9 Å². The van der Waals surface area contributed by atoms with Crippen LogP contribution in [0.2, 0.25) is 5.15 Å². The van der Waals surface area contributed by atoms with Gasteiger partial charge in [0.05, 0.1) is 5.56 Å². The van der Waals surface area contributed by atoms with Crippen molar-refractivity contribution in [2.45, 2.75) is 33.3 Å². The van der Waals surface area contributed by atoms with Crippen LogP contribution in [0.1, 0.15) is 34.1 Å². The largest absolute Gasteiger partial charge is 0.449 e. The van der Waals surface area contributed by atoms with Crippen LogP contribution in [-0.4, -0.2) is 29.5 Å². The van der Waals surface area contributed by atoms with Crippen molar-refractivity contribution in [2.75, 3.05) is 11.4 Å². The van der Waals surface area contributed by atoms with Gasteiger partial charge in [0.2, 0.25) is 0 Å². The van der Waals surface area contributed by atoms with Gasteiger partial charge in [-0.25, -0.2) is 9.78 Å². The maximum Gasteiger partial charge on any atom is 0.342 e. The fraction of sp³-hybridized carbons (Fsp3) is 0.316. The van der Waals surface area contributed by atoms with E-state index in [0.717, 1.165) is 23.4 Å². The van der Waals surface area contributed by atoms with Crippen molar-refractivity contribution in [1.82, 2.24) is 4.98 Å². The van der Waals surface area contributed by atoms with Crippen LogP contribution in [0.4, 0.5) is 5.69 Å². The van der Waals surface area contributed by atoms with Crippen molar-refractivity contribution in [3.63, 3.8) is 0 Å². The summed E-state index contributed by atoms with van der Waals surface area (Å²) in [4.78, 5) is 30.9. The number of halogens is 1. The van der Waals surface area contributed by atoms with E-state index in [1.165, 1.54) is 0 Å². The number of nitrogens with zero attached hydrogens (tertiary/aromatic N) is 2. The lowest BCUT2D eigenvalue weighted by atomic mass is 10.1. The number of rotatable bonds is 3. The zero-order valence-corrected chi connectivity index (χ0v) is 15.1. The highest BCUT2D eigenvalue weighted by Crippen LogP contribution is 2.28. The molecular formula is C19H19ClN2O3. The van der Waals surface area contributed by atoms with Gasteiger partial charge in [-0.05, 0) is 50.5 Å². The van der Waals surface area contributed by atoms with Gasteiger partial charge in [0, 0.05) is 17.9 Å². The maximum atomic E-state index is 12.7. The van der Waals surface area contributed by atoms with Crippen LogP contribution >= 0.6 is 11.6 Å². The molecule has 0 saturated carbocycles. The number of pyridine rings is 1. The van der Waals surface area contributed by atoms with E-state index in [4.69, 9.17) is 16.3 Å². The Morgan fingerprint density at radius 3 is 2.72 bits per heavy atom. The normalized spacial score (nSPS) is 14.2. The molecule has 0 unspecified atom stereocenters. The summed E-state index contributed by atoms with van der Waals surface area (Å²) in [5.74, 6) is -0.879. The predicted octanol–water partition coefficient (Wildman–Crippen LogP) is 3.49. The number of hydrogen-bond donors (Lipinski definition) is 0. The first-order valence-corrected chi connectivity index (χ1v) is 8.50. The lowest BCUT2D eigenvalue weighted by molar-refractivity contribution is -0.126. The average Bonchev–Trinajstić information content (AvgIpc) is 2.97. The molecule has 0 radical (unpaired) electrons. The van der Waals surface area contributed by atoms with Crippen LogP contribution in [0.3, 0.4) is 0 Å². The van der Waals surface area contributed by atoms with Gasteiger partial charge < -0.3 is 9.64 Å². The molecule has 0 fully saturated rings. The summed E-state index contributed by atoms with van der Waals surface area (Å²) in [6.07, 6.45) is -0.106. The summed E-state index contributed by atoms with van der Waals surface area (Å²) < 4.78 is 5.37. The third-order valence-corrected chi connectivity index (χ3v) is 4.56. The van der Waals surface area contributed by atoms with E-state index >= 15 is 0 Å². The lowest BCUT2D eigenvalue weighted by Gasteiger charge is -2.22. The highest BCUT2D eigenvalue weighted by Gasteiger charge is 2.30. The van der Waals surface area contributed by atoms with Gasteiger partial charge in [-0.1, -0.05) is 29.8 Å². The van der Waals surface area contributed by atoms with Gasteiger partial charge in [0.1, 0.15) is 5.15 Å². The average molecular weight is 359 g/mol. The minimum atomic E-state index is -0.907. The molecule has 5 nitrogen and oxygen atoms in total. The van der Waals surface area contributed by atoms with Crippen LogP contribution in [0.15, 0.2) is 30.3 Å². The van der Waals surface area contributed by atoms with Crippen LogP contribution in [-0.2, 0) is 16.0 Å². The van der Waals surface area contributed by atoms with E-state index in [1.54, 1.807) is 31.7 Å². The molecule has 0 saturated heterocycles. The van der Waals surface area contributed by atoms with E-state index < -0.39 is 12.1 Å². The Morgan fingerprint density at radius 1 is 1.28 bits per heavy atom. The second-order valence-electron chi connectivity index (χ2n) is 6.16. The maximum absolute atomic E-state index is 12.7. The number of carbonyl (C=O) groups is 2. The summed E-state index contributed by atoms with van der Waals surface area (Å²) in [5.41, 5.74) is 3.59. The van der Waals surface area contributed by atoms with E-state index in [-0.39, 0.29) is 16.6 Å². The number of esters is 1. The quantitative estimate of drug-likeness (QED) is 0.622. The Kier molecular flexibility index (Phi) is 4.77. The van der Waals surface area contributed by atoms with Crippen LogP contribution < -0.4 is 4.90 Å². The molecule has 0 aliphatic carbocycles. The van der Waals surface area contributed by atoms with Gasteiger partial charge in [-0.3, -0.25) is 4.79 Å². The van der Waals surface area contributed by atoms with Crippen molar-refractivity contribution in [3.8, 4) is 0 Å². The summed E-state index contributed by atoms with van der Waals surface area (Å²) in [6.45, 7) is 5.73. The SMILES string of the molecule is Cc1cc(C)c(C(=O)O[C@@H](C)C(=O)N2CCc3ccccc32)c(Cl)n1. The fourth-order valence-corrected chi connectivity index (χ4v) is 3.45. The Morgan fingerprint density at radius 2 is 2.00 bits per heavy atom. The Hall–Kier alpha value is -2.40. The summed E-state index contributed by atoms with van der Waals surface area (Å²) >= 11 is 6.08. The van der Waals surface area contributed by atoms with Crippen molar-refractivity contribution < 1.29 is 14.3 Å². The molecule has 130 valence electrons. The van der Waals surface area contributed by atoms with E-state index in [1.807, 2.05) is 24.3 Å². The Labute approximate surface area is 151 Å². The minimum absolute atomic E-state index is 0.0914. The highest BCUT2D eigenvalue weighted by molar-refractivity contribution is 6.32. The number of ether oxygens (including phenoxy) is 1. The number of benzene rings is 1. The topological polar surface area (TPSA) is 59.5 Å². The smallest absolute Gasteiger partial charge is 0.342 e. The number of aryl methyl sites for hydroxylation is 2. The summed E-state index contributed by atoms with van der Waals surface area (Å²) in [7, 11) is 0. The van der Waals surface area contributed by atoms with E-state index in [0.29, 0.717) is 12.1 Å². The Balaban J connectivity index is 1.76. The van der Waals surface area contributed by atoms with Crippen molar-refractivity contribution in [2.24, 2.45) is 0 Å². The van der Waals surface area contributed by atoms with E-state index in [2.05, 4.69) is 4.98 Å². The van der Waals surface area contributed by atoms with Crippen LogP contribution in [0.25, 0.3) is 0 Å². The molecule has 0 spiro atoms. The van der Waals surface area contributed by atoms with Crippen LogP contribution in [0.5, 0.6) is 0 Å². The second-order valence-corrected chi connectivity index (χ2v) is 6.52. The molecule has 1 aliphatic rings. The molecule has 1 atom stereocenters. The first kappa shape index (κ1) is 17.4. The molecule has 0 N–H and O–H groups in total. The van der Waals surface area contributed by atoms with Gasteiger partial charge in [-0.2, -0.15) is 0 Å². The molecule has 25 heavy (non-hydrogen) atoms. The zero-order chi connectivity index (χ0) is 18.1. The number of anilines is 1. The minimum Gasteiger partial charge on any atom is -0.449 e. The molecule has 2 aromatic rings. The molecule has 2 heterocycles. The Bertz CT molecular complexity index is 827. The van der Waals surface area contributed by atoms with Gasteiger partial charge in [0.25, 0.3) is 5.91 Å².